The van der Waals surface area contributed by atoms with E-state index in [0.29, 0.717) is 5.01 Å². The molecule has 1 aromatic heterocycles. The van der Waals surface area contributed by atoms with Crippen LogP contribution in [0.25, 0.3) is 10.6 Å². The van der Waals surface area contributed by atoms with E-state index in [1.807, 2.05) is 38.1 Å². The Morgan fingerprint density at radius 2 is 1.96 bits per heavy atom. The van der Waals surface area contributed by atoms with Gasteiger partial charge in [0, 0.05) is 18.1 Å². The predicted octanol–water partition coefficient (Wildman–Crippen LogP) is 2.43. The molecule has 0 saturated heterocycles. The third-order valence-electron chi connectivity index (χ3n) is 3.15. The second-order valence-corrected chi connectivity index (χ2v) is 6.41. The third kappa shape index (κ3) is 5.27. The number of carboxylic acid groups (broad SMARTS) is 1. The Bertz CT molecular complexity index is 727. The topological polar surface area (TPSA) is 97.8 Å². The zero-order chi connectivity index (χ0) is 18.4. The van der Waals surface area contributed by atoms with Crippen molar-refractivity contribution in [3.05, 3.63) is 35.3 Å². The molecule has 8 heteroatoms. The molecule has 0 aliphatic heterocycles. The minimum Gasteiger partial charge on any atom is -0.491 e. The minimum atomic E-state index is -1.16. The average molecular weight is 364 g/mol. The van der Waals surface area contributed by atoms with Crippen molar-refractivity contribution in [1.29, 1.82) is 0 Å². The normalized spacial score (nSPS) is 12.0. The molecule has 0 aliphatic carbocycles. The SMILES string of the molecule is COCC(NC(=O)c1csc(-c2ccc(OC(C)C)cc2)n1)C(=O)O. The molecule has 0 aliphatic rings. The lowest BCUT2D eigenvalue weighted by Gasteiger charge is -2.12. The molecule has 1 amide bonds. The molecule has 25 heavy (non-hydrogen) atoms. The zero-order valence-corrected chi connectivity index (χ0v) is 15.0. The molecule has 2 aromatic rings. The van der Waals surface area contributed by atoms with Gasteiger partial charge in [-0.2, -0.15) is 0 Å². The highest BCUT2D eigenvalue weighted by Crippen LogP contribution is 2.26. The van der Waals surface area contributed by atoms with Gasteiger partial charge in [-0.05, 0) is 38.1 Å². The first-order valence-electron chi connectivity index (χ1n) is 7.66. The van der Waals surface area contributed by atoms with Crippen LogP contribution < -0.4 is 10.1 Å². The van der Waals surface area contributed by atoms with Crippen molar-refractivity contribution in [2.45, 2.75) is 26.0 Å². The van der Waals surface area contributed by atoms with Gasteiger partial charge >= 0.3 is 5.97 Å². The van der Waals surface area contributed by atoms with Crippen molar-refractivity contribution in [2.24, 2.45) is 0 Å². The van der Waals surface area contributed by atoms with E-state index in [0.717, 1.165) is 11.3 Å². The number of carbonyl (C=O) groups is 2. The van der Waals surface area contributed by atoms with E-state index in [-0.39, 0.29) is 18.4 Å². The van der Waals surface area contributed by atoms with Crippen LogP contribution in [-0.4, -0.2) is 47.8 Å². The Morgan fingerprint density at radius 1 is 1.28 bits per heavy atom. The highest BCUT2D eigenvalue weighted by Gasteiger charge is 2.22. The highest BCUT2D eigenvalue weighted by atomic mass is 32.1. The van der Waals surface area contributed by atoms with E-state index in [4.69, 9.17) is 14.6 Å². The molecule has 1 atom stereocenters. The van der Waals surface area contributed by atoms with Crippen LogP contribution in [0.4, 0.5) is 0 Å². The molecule has 0 bridgehead atoms. The van der Waals surface area contributed by atoms with E-state index < -0.39 is 17.9 Å². The summed E-state index contributed by atoms with van der Waals surface area (Å²) in [6.07, 6.45) is 0.0929. The molecule has 0 radical (unpaired) electrons. The fourth-order valence-electron chi connectivity index (χ4n) is 2.03. The molecule has 0 spiro atoms. The van der Waals surface area contributed by atoms with Crippen LogP contribution in [0.3, 0.4) is 0 Å². The van der Waals surface area contributed by atoms with Crippen LogP contribution in [-0.2, 0) is 9.53 Å². The van der Waals surface area contributed by atoms with Crippen molar-refractivity contribution >= 4 is 23.2 Å². The maximum Gasteiger partial charge on any atom is 0.328 e. The minimum absolute atomic E-state index is 0.0929. The molecule has 2 rings (SSSR count). The average Bonchev–Trinajstić information content (AvgIpc) is 3.04. The van der Waals surface area contributed by atoms with Gasteiger partial charge in [-0.25, -0.2) is 9.78 Å². The Labute approximate surface area is 149 Å². The molecule has 1 aromatic carbocycles. The van der Waals surface area contributed by atoms with Gasteiger partial charge in [0.2, 0.25) is 0 Å². The number of carboxylic acids is 1. The lowest BCUT2D eigenvalue weighted by molar-refractivity contribution is -0.140. The Kier molecular flexibility index (Phi) is 6.49. The van der Waals surface area contributed by atoms with Gasteiger partial charge in [-0.1, -0.05) is 0 Å². The molecule has 0 fully saturated rings. The largest absolute Gasteiger partial charge is 0.491 e. The first-order chi connectivity index (χ1) is 11.9. The number of aliphatic carboxylic acids is 1. The van der Waals surface area contributed by atoms with Gasteiger partial charge in [0.15, 0.2) is 6.04 Å². The van der Waals surface area contributed by atoms with E-state index >= 15 is 0 Å². The molecule has 1 heterocycles. The molecule has 1 unspecified atom stereocenters. The monoisotopic (exact) mass is 364 g/mol. The van der Waals surface area contributed by atoms with Crippen LogP contribution in [0, 0.1) is 0 Å². The van der Waals surface area contributed by atoms with Crippen molar-refractivity contribution < 1.29 is 24.2 Å². The number of amides is 1. The van der Waals surface area contributed by atoms with E-state index in [9.17, 15) is 9.59 Å². The number of aromatic nitrogens is 1. The molecule has 134 valence electrons. The first kappa shape index (κ1) is 18.9. The summed E-state index contributed by atoms with van der Waals surface area (Å²) >= 11 is 1.31. The van der Waals surface area contributed by atoms with Crippen molar-refractivity contribution in [3.8, 4) is 16.3 Å². The fraction of sp³-hybridized carbons (Fsp3) is 0.353. The van der Waals surface area contributed by atoms with Gasteiger partial charge in [0.1, 0.15) is 16.5 Å². The number of methoxy groups -OCH3 is 1. The Balaban J connectivity index is 2.08. The van der Waals surface area contributed by atoms with Crippen molar-refractivity contribution in [3.63, 3.8) is 0 Å². The molecule has 0 saturated carbocycles. The van der Waals surface area contributed by atoms with E-state index in [1.54, 1.807) is 5.38 Å². The predicted molar refractivity (Wildman–Crippen MR) is 94.1 cm³/mol. The third-order valence-corrected chi connectivity index (χ3v) is 4.04. The standard InChI is InChI=1S/C17H20N2O5S/c1-10(2)24-12-6-4-11(5-7-12)16-19-14(9-25-16)15(20)18-13(8-23-3)17(21)22/h4-7,9-10,13H,8H2,1-3H3,(H,18,20)(H,21,22). The lowest BCUT2D eigenvalue weighted by atomic mass is 10.2. The second-order valence-electron chi connectivity index (χ2n) is 5.55. The Morgan fingerprint density at radius 3 is 2.52 bits per heavy atom. The van der Waals surface area contributed by atoms with Crippen LogP contribution in [0.2, 0.25) is 0 Å². The van der Waals surface area contributed by atoms with Crippen LogP contribution >= 0.6 is 11.3 Å². The van der Waals surface area contributed by atoms with Crippen LogP contribution in [0.15, 0.2) is 29.6 Å². The highest BCUT2D eigenvalue weighted by molar-refractivity contribution is 7.13. The van der Waals surface area contributed by atoms with Crippen molar-refractivity contribution in [1.82, 2.24) is 10.3 Å². The number of nitrogens with zero attached hydrogens (tertiary/aromatic N) is 1. The number of thiazole rings is 1. The van der Waals surface area contributed by atoms with Gasteiger partial charge in [0.25, 0.3) is 5.91 Å². The van der Waals surface area contributed by atoms with Crippen LogP contribution in [0.5, 0.6) is 5.75 Å². The number of hydrogen-bond acceptors (Lipinski definition) is 6. The number of benzene rings is 1. The summed E-state index contributed by atoms with van der Waals surface area (Å²) in [7, 11) is 1.37. The molecular formula is C17H20N2O5S. The fourth-order valence-corrected chi connectivity index (χ4v) is 2.84. The second kappa shape index (κ2) is 8.59. The van der Waals surface area contributed by atoms with Gasteiger partial charge in [0.05, 0.1) is 12.7 Å². The number of hydrogen-bond donors (Lipinski definition) is 2. The number of carbonyl (C=O) groups excluding carboxylic acids is 1. The van der Waals surface area contributed by atoms with Crippen molar-refractivity contribution in [2.75, 3.05) is 13.7 Å². The van der Waals surface area contributed by atoms with Gasteiger partial charge in [-0.15, -0.1) is 11.3 Å². The van der Waals surface area contributed by atoms with Gasteiger partial charge in [-0.3, -0.25) is 4.79 Å². The quantitative estimate of drug-likeness (QED) is 0.747. The lowest BCUT2D eigenvalue weighted by Crippen LogP contribution is -2.43. The summed E-state index contributed by atoms with van der Waals surface area (Å²) in [5.41, 5.74) is 1.02. The molecular weight excluding hydrogens is 344 g/mol. The first-order valence-corrected chi connectivity index (χ1v) is 8.54. The molecule has 2 N–H and O–H groups in total. The summed E-state index contributed by atoms with van der Waals surface area (Å²) in [6, 6.07) is 6.30. The van der Waals surface area contributed by atoms with Gasteiger partial charge < -0.3 is 19.9 Å². The smallest absolute Gasteiger partial charge is 0.328 e. The number of nitrogens with one attached hydrogen (secondary N) is 1. The maximum absolute atomic E-state index is 12.1. The number of ether oxygens (including phenoxy) is 2. The molecule has 7 nitrogen and oxygen atoms in total. The summed E-state index contributed by atoms with van der Waals surface area (Å²) in [4.78, 5) is 27.5. The summed E-state index contributed by atoms with van der Waals surface area (Å²) < 4.78 is 10.4. The Hall–Kier alpha value is -2.45. The van der Waals surface area contributed by atoms with Crippen LogP contribution in [0.1, 0.15) is 24.3 Å². The summed E-state index contributed by atoms with van der Waals surface area (Å²) in [5, 5.41) is 13.7. The number of rotatable bonds is 8. The van der Waals surface area contributed by atoms with E-state index in [1.165, 1.54) is 18.4 Å². The zero-order valence-electron chi connectivity index (χ0n) is 14.2. The van der Waals surface area contributed by atoms with E-state index in [2.05, 4.69) is 10.3 Å². The maximum atomic E-state index is 12.1. The summed E-state index contributed by atoms with van der Waals surface area (Å²) in [5.74, 6) is -0.949. The summed E-state index contributed by atoms with van der Waals surface area (Å²) in [6.45, 7) is 3.79.